The van der Waals surface area contributed by atoms with Crippen molar-refractivity contribution in [3.05, 3.63) is 71.0 Å². The van der Waals surface area contributed by atoms with Crippen molar-refractivity contribution in [3.63, 3.8) is 0 Å². The van der Waals surface area contributed by atoms with Crippen molar-refractivity contribution >= 4 is 5.78 Å². The molecule has 0 saturated heterocycles. The van der Waals surface area contributed by atoms with E-state index in [-0.39, 0.29) is 17.2 Å². The molecule has 35 heavy (non-hydrogen) atoms. The van der Waals surface area contributed by atoms with Gasteiger partial charge in [0.1, 0.15) is 5.82 Å². The summed E-state index contributed by atoms with van der Waals surface area (Å²) < 4.78 is 50.5. The number of rotatable bonds is 3. The SMILES string of the molecule is CC.CC(=O)c1ccc(C(C)C(F)(F)F)cc1.CC1CC1.CC1CCC(c2ccccc2F)CC1. The van der Waals surface area contributed by atoms with Crippen molar-refractivity contribution < 1.29 is 22.4 Å². The molecule has 2 saturated carbocycles. The number of alkyl halides is 3. The molecule has 4 rings (SSSR count). The first-order valence-electron chi connectivity index (χ1n) is 12.9. The molecule has 0 amide bonds. The van der Waals surface area contributed by atoms with Gasteiger partial charge in [0, 0.05) is 5.56 Å². The summed E-state index contributed by atoms with van der Waals surface area (Å²) in [6.45, 7) is 11.0. The van der Waals surface area contributed by atoms with Crippen LogP contribution in [0, 0.1) is 17.7 Å². The first-order chi connectivity index (χ1) is 16.5. The van der Waals surface area contributed by atoms with Crippen molar-refractivity contribution in [3.8, 4) is 0 Å². The van der Waals surface area contributed by atoms with Crippen molar-refractivity contribution in [2.45, 2.75) is 98.1 Å². The predicted octanol–water partition coefficient (Wildman–Crippen LogP) is 10.1. The minimum Gasteiger partial charge on any atom is -0.295 e. The maximum atomic E-state index is 13.5. The maximum absolute atomic E-state index is 13.5. The Labute approximate surface area is 209 Å². The van der Waals surface area contributed by atoms with Crippen LogP contribution in [-0.2, 0) is 0 Å². The Kier molecular flexibility index (Phi) is 13.3. The van der Waals surface area contributed by atoms with Crippen molar-refractivity contribution in [2.75, 3.05) is 0 Å². The number of halogens is 4. The molecule has 2 aliphatic carbocycles. The number of benzene rings is 2. The molecule has 0 aliphatic heterocycles. The number of ketones is 1. The second kappa shape index (κ2) is 15.1. The molecule has 0 aromatic heterocycles. The normalized spacial score (nSPS) is 20.1. The zero-order chi connectivity index (χ0) is 26.6. The van der Waals surface area contributed by atoms with Crippen LogP contribution in [0.5, 0.6) is 0 Å². The van der Waals surface area contributed by atoms with Crippen molar-refractivity contribution in [1.29, 1.82) is 0 Å². The van der Waals surface area contributed by atoms with Gasteiger partial charge in [-0.05, 0) is 61.6 Å². The first-order valence-corrected chi connectivity index (χ1v) is 12.9. The van der Waals surface area contributed by atoms with E-state index in [9.17, 15) is 22.4 Å². The van der Waals surface area contributed by atoms with Crippen molar-refractivity contribution in [1.82, 2.24) is 0 Å². The van der Waals surface area contributed by atoms with Gasteiger partial charge in [0.15, 0.2) is 5.78 Å². The molecule has 196 valence electrons. The van der Waals surface area contributed by atoms with Crippen LogP contribution >= 0.6 is 0 Å². The molecule has 2 aromatic carbocycles. The molecule has 1 atom stereocenters. The second-order valence-corrected chi connectivity index (χ2v) is 9.60. The summed E-state index contributed by atoms with van der Waals surface area (Å²) >= 11 is 0. The molecule has 1 unspecified atom stereocenters. The van der Waals surface area contributed by atoms with E-state index in [2.05, 4.69) is 13.8 Å². The molecule has 2 aliphatic rings. The molecule has 0 radical (unpaired) electrons. The van der Waals surface area contributed by atoms with E-state index in [1.807, 2.05) is 26.0 Å². The third-order valence-corrected chi connectivity index (χ3v) is 6.54. The van der Waals surface area contributed by atoms with E-state index in [0.29, 0.717) is 11.5 Å². The lowest BCUT2D eigenvalue weighted by atomic mass is 9.79. The number of hydrogen-bond donors (Lipinski definition) is 0. The Morgan fingerprint density at radius 2 is 1.29 bits per heavy atom. The lowest BCUT2D eigenvalue weighted by Gasteiger charge is -2.26. The zero-order valence-corrected chi connectivity index (χ0v) is 22.1. The Morgan fingerprint density at radius 3 is 1.69 bits per heavy atom. The molecule has 0 heterocycles. The lowest BCUT2D eigenvalue weighted by molar-refractivity contribution is -0.146. The molecular weight excluding hydrogens is 452 g/mol. The van der Waals surface area contributed by atoms with Crippen LogP contribution in [0.3, 0.4) is 0 Å². The van der Waals surface area contributed by atoms with Gasteiger partial charge >= 0.3 is 6.18 Å². The van der Waals surface area contributed by atoms with Crippen LogP contribution < -0.4 is 0 Å². The Balaban J connectivity index is 0.000000284. The highest BCUT2D eigenvalue weighted by molar-refractivity contribution is 5.94. The van der Waals surface area contributed by atoms with Crippen LogP contribution in [0.4, 0.5) is 17.6 Å². The van der Waals surface area contributed by atoms with Crippen LogP contribution in [0.25, 0.3) is 0 Å². The molecule has 2 fully saturated rings. The van der Waals surface area contributed by atoms with Gasteiger partial charge in [0.25, 0.3) is 0 Å². The molecule has 2 aromatic rings. The first kappa shape index (κ1) is 30.9. The quantitative estimate of drug-likeness (QED) is 0.306. The van der Waals surface area contributed by atoms with Crippen molar-refractivity contribution in [2.24, 2.45) is 11.8 Å². The average molecular weight is 495 g/mol. The zero-order valence-electron chi connectivity index (χ0n) is 22.1. The summed E-state index contributed by atoms with van der Waals surface area (Å²) in [6.07, 6.45) is 3.54. The molecule has 0 N–H and O–H groups in total. The maximum Gasteiger partial charge on any atom is 0.395 e. The van der Waals surface area contributed by atoms with Gasteiger partial charge in [-0.2, -0.15) is 13.2 Å². The third kappa shape index (κ3) is 11.4. The largest absolute Gasteiger partial charge is 0.395 e. The Morgan fingerprint density at radius 1 is 0.829 bits per heavy atom. The number of Topliss-reactive ketones (excluding diaryl/α,β-unsaturated/α-hetero) is 1. The van der Waals surface area contributed by atoms with Gasteiger partial charge in [0.2, 0.25) is 0 Å². The minimum atomic E-state index is -4.24. The molecule has 0 bridgehead atoms. The minimum absolute atomic E-state index is 0.0212. The van der Waals surface area contributed by atoms with Crippen LogP contribution in [0.1, 0.15) is 113 Å². The topological polar surface area (TPSA) is 17.1 Å². The number of carbonyl (C=O) groups is 1. The Bertz CT molecular complexity index is 861. The van der Waals surface area contributed by atoms with Gasteiger partial charge in [-0.15, -0.1) is 0 Å². The van der Waals surface area contributed by atoms with Gasteiger partial charge in [-0.3, -0.25) is 4.79 Å². The Hall–Kier alpha value is -2.17. The fourth-order valence-electron chi connectivity index (χ4n) is 3.74. The fourth-order valence-corrected chi connectivity index (χ4v) is 3.74. The van der Waals surface area contributed by atoms with Crippen LogP contribution in [0.15, 0.2) is 48.5 Å². The fraction of sp³-hybridized carbons (Fsp3) is 0.567. The monoisotopic (exact) mass is 494 g/mol. The summed E-state index contributed by atoms with van der Waals surface area (Å²) in [5.74, 6) is 0.706. The molecular formula is C30H42F4O. The van der Waals surface area contributed by atoms with Gasteiger partial charge in [-0.1, -0.05) is 95.8 Å². The second-order valence-electron chi connectivity index (χ2n) is 9.60. The van der Waals surface area contributed by atoms with Gasteiger partial charge in [0.05, 0.1) is 5.92 Å². The van der Waals surface area contributed by atoms with E-state index in [0.717, 1.165) is 37.2 Å². The van der Waals surface area contributed by atoms with E-state index in [4.69, 9.17) is 0 Å². The predicted molar refractivity (Wildman–Crippen MR) is 137 cm³/mol. The average Bonchev–Trinajstić information content (AvgIpc) is 3.63. The summed E-state index contributed by atoms with van der Waals surface area (Å²) in [5, 5.41) is 0. The summed E-state index contributed by atoms with van der Waals surface area (Å²) in [5.41, 5.74) is 1.53. The van der Waals surface area contributed by atoms with Gasteiger partial charge < -0.3 is 0 Å². The van der Waals surface area contributed by atoms with E-state index >= 15 is 0 Å². The lowest BCUT2D eigenvalue weighted by Crippen LogP contribution is -2.17. The summed E-state index contributed by atoms with van der Waals surface area (Å²) in [6, 6.07) is 12.7. The summed E-state index contributed by atoms with van der Waals surface area (Å²) in [4.78, 5) is 10.9. The highest BCUT2D eigenvalue weighted by atomic mass is 19.4. The highest BCUT2D eigenvalue weighted by Gasteiger charge is 2.36. The molecule has 1 nitrogen and oxygen atoms in total. The third-order valence-electron chi connectivity index (χ3n) is 6.54. The van der Waals surface area contributed by atoms with Gasteiger partial charge in [-0.25, -0.2) is 4.39 Å². The highest BCUT2D eigenvalue weighted by Crippen LogP contribution is 2.36. The number of hydrogen-bond acceptors (Lipinski definition) is 1. The standard InChI is InChI=1S/C13H17F.C11H11F3O.C4H8.C2H6/c1-10-6-8-11(9-7-10)12-4-2-3-5-13(12)14;1-7(11(12,13)14)9-3-5-10(6-4-9)8(2)15;1-4-2-3-4;1-2/h2-5,10-11H,6-9H2,1H3;3-7H,1-2H3;4H,2-3H2,1H3;1-2H3. The van der Waals surface area contributed by atoms with Crippen LogP contribution in [-0.4, -0.2) is 12.0 Å². The van der Waals surface area contributed by atoms with E-state index < -0.39 is 12.1 Å². The van der Waals surface area contributed by atoms with E-state index in [1.54, 1.807) is 12.1 Å². The smallest absolute Gasteiger partial charge is 0.295 e. The van der Waals surface area contributed by atoms with Crippen LogP contribution in [0.2, 0.25) is 0 Å². The van der Waals surface area contributed by atoms with E-state index in [1.165, 1.54) is 56.9 Å². The number of carbonyl (C=O) groups excluding carboxylic acids is 1. The summed E-state index contributed by atoms with van der Waals surface area (Å²) in [7, 11) is 0. The molecule has 0 spiro atoms. The molecule has 5 heteroatoms.